The molecule has 0 aliphatic carbocycles. The van der Waals surface area contributed by atoms with Crippen molar-refractivity contribution in [2.75, 3.05) is 0 Å². The Morgan fingerprint density at radius 2 is 2.09 bits per heavy atom. The van der Waals surface area contributed by atoms with E-state index in [2.05, 4.69) is 13.5 Å². The van der Waals surface area contributed by atoms with Gasteiger partial charge in [0, 0.05) is 6.42 Å². The molecule has 2 nitrogen and oxygen atoms in total. The number of aliphatic hydroxyl groups is 2. The minimum atomic E-state index is -0.265. The summed E-state index contributed by atoms with van der Waals surface area (Å²) >= 11 is 0. The van der Waals surface area contributed by atoms with Crippen LogP contribution in [0.15, 0.2) is 12.3 Å². The maximum atomic E-state index is 9.28. The second-order valence-electron chi connectivity index (χ2n) is 2.90. The zero-order valence-corrected chi connectivity index (χ0v) is 7.21. The molecule has 0 aromatic carbocycles. The predicted molar refractivity (Wildman–Crippen MR) is 46.5 cm³/mol. The van der Waals surface area contributed by atoms with Crippen molar-refractivity contribution in [3.05, 3.63) is 12.3 Å². The van der Waals surface area contributed by atoms with Crippen LogP contribution in [-0.4, -0.2) is 16.3 Å². The van der Waals surface area contributed by atoms with Crippen LogP contribution >= 0.6 is 0 Å². The van der Waals surface area contributed by atoms with E-state index in [1.165, 1.54) is 0 Å². The smallest absolute Gasteiger partial charge is 0.0852 e. The molecule has 1 unspecified atom stereocenters. The molecule has 0 aliphatic rings. The maximum Gasteiger partial charge on any atom is 0.0852 e. The van der Waals surface area contributed by atoms with E-state index in [0.29, 0.717) is 12.8 Å². The molecule has 0 aromatic heterocycles. The minimum Gasteiger partial charge on any atom is -0.513 e. The molecule has 0 spiro atoms. The molecular formula is C9H18O2. The Morgan fingerprint density at radius 1 is 1.45 bits per heavy atom. The zero-order valence-electron chi connectivity index (χ0n) is 7.21. The van der Waals surface area contributed by atoms with Crippen molar-refractivity contribution in [1.29, 1.82) is 0 Å². The molecule has 0 amide bonds. The summed E-state index contributed by atoms with van der Waals surface area (Å²) in [4.78, 5) is 0. The standard InChI is InChI=1S/C9H18O2/c1-3-4-5-9(11)7-6-8(2)10/h9-11H,2-7H2,1H3. The van der Waals surface area contributed by atoms with Crippen molar-refractivity contribution >= 4 is 0 Å². The summed E-state index contributed by atoms with van der Waals surface area (Å²) in [5, 5.41) is 18.0. The largest absolute Gasteiger partial charge is 0.513 e. The third kappa shape index (κ3) is 7.40. The van der Waals surface area contributed by atoms with Crippen LogP contribution in [0.2, 0.25) is 0 Å². The van der Waals surface area contributed by atoms with Crippen LogP contribution in [0.4, 0.5) is 0 Å². The number of allylic oxidation sites excluding steroid dienone is 1. The van der Waals surface area contributed by atoms with Gasteiger partial charge in [0.05, 0.1) is 11.9 Å². The number of unbranched alkanes of at least 4 members (excludes halogenated alkanes) is 1. The highest BCUT2D eigenvalue weighted by molar-refractivity contribution is 4.79. The van der Waals surface area contributed by atoms with Crippen LogP contribution in [-0.2, 0) is 0 Å². The third-order valence-corrected chi connectivity index (χ3v) is 1.66. The maximum absolute atomic E-state index is 9.28. The number of hydrogen-bond donors (Lipinski definition) is 2. The molecule has 11 heavy (non-hydrogen) atoms. The SMILES string of the molecule is C=C(O)CCC(O)CCCC. The normalized spacial score (nSPS) is 12.9. The van der Waals surface area contributed by atoms with Crippen LogP contribution in [0, 0.1) is 0 Å². The van der Waals surface area contributed by atoms with Crippen molar-refractivity contribution in [1.82, 2.24) is 0 Å². The van der Waals surface area contributed by atoms with Gasteiger partial charge in [-0.3, -0.25) is 0 Å². The molecule has 0 aromatic rings. The second kappa shape index (κ2) is 6.23. The summed E-state index contributed by atoms with van der Waals surface area (Å²) in [6.45, 7) is 5.45. The fraction of sp³-hybridized carbons (Fsp3) is 0.778. The highest BCUT2D eigenvalue weighted by atomic mass is 16.3. The Kier molecular flexibility index (Phi) is 5.94. The van der Waals surface area contributed by atoms with Gasteiger partial charge in [0.1, 0.15) is 0 Å². The van der Waals surface area contributed by atoms with E-state index in [0.717, 1.165) is 19.3 Å². The third-order valence-electron chi connectivity index (χ3n) is 1.66. The lowest BCUT2D eigenvalue weighted by Crippen LogP contribution is -2.05. The summed E-state index contributed by atoms with van der Waals surface area (Å²) in [5.74, 6) is 0.167. The van der Waals surface area contributed by atoms with Gasteiger partial charge in [-0.15, -0.1) is 0 Å². The second-order valence-corrected chi connectivity index (χ2v) is 2.90. The quantitative estimate of drug-likeness (QED) is 0.583. The van der Waals surface area contributed by atoms with Crippen LogP contribution < -0.4 is 0 Å². The Labute approximate surface area is 68.6 Å². The molecule has 0 bridgehead atoms. The van der Waals surface area contributed by atoms with Crippen molar-refractivity contribution in [3.8, 4) is 0 Å². The minimum absolute atomic E-state index is 0.167. The van der Waals surface area contributed by atoms with Crippen molar-refractivity contribution in [3.63, 3.8) is 0 Å². The van der Waals surface area contributed by atoms with E-state index < -0.39 is 0 Å². The van der Waals surface area contributed by atoms with Gasteiger partial charge in [-0.1, -0.05) is 26.3 Å². The zero-order chi connectivity index (χ0) is 8.69. The number of hydrogen-bond acceptors (Lipinski definition) is 2. The van der Waals surface area contributed by atoms with Crippen LogP contribution in [0.5, 0.6) is 0 Å². The Hall–Kier alpha value is -0.500. The van der Waals surface area contributed by atoms with E-state index in [9.17, 15) is 5.11 Å². The molecule has 1 atom stereocenters. The molecule has 0 saturated heterocycles. The van der Waals surface area contributed by atoms with Gasteiger partial charge in [-0.2, -0.15) is 0 Å². The number of aliphatic hydroxyl groups excluding tert-OH is 2. The van der Waals surface area contributed by atoms with E-state index >= 15 is 0 Å². The van der Waals surface area contributed by atoms with Gasteiger partial charge in [0.15, 0.2) is 0 Å². The highest BCUT2D eigenvalue weighted by Crippen LogP contribution is 2.08. The van der Waals surface area contributed by atoms with E-state index in [-0.39, 0.29) is 11.9 Å². The molecule has 2 N–H and O–H groups in total. The average molecular weight is 158 g/mol. The van der Waals surface area contributed by atoms with E-state index in [4.69, 9.17) is 5.11 Å². The average Bonchev–Trinajstić information content (AvgIpc) is 1.97. The molecule has 66 valence electrons. The van der Waals surface area contributed by atoms with Crippen molar-refractivity contribution < 1.29 is 10.2 Å². The number of rotatable bonds is 6. The monoisotopic (exact) mass is 158 g/mol. The van der Waals surface area contributed by atoms with E-state index in [1.807, 2.05) is 0 Å². The highest BCUT2D eigenvalue weighted by Gasteiger charge is 2.02. The van der Waals surface area contributed by atoms with Gasteiger partial charge in [-0.05, 0) is 12.8 Å². The Morgan fingerprint density at radius 3 is 2.55 bits per heavy atom. The Bertz CT molecular complexity index is 110. The van der Waals surface area contributed by atoms with Crippen LogP contribution in [0.3, 0.4) is 0 Å². The molecule has 2 heteroatoms. The van der Waals surface area contributed by atoms with Gasteiger partial charge < -0.3 is 10.2 Å². The summed E-state index contributed by atoms with van der Waals surface area (Å²) in [7, 11) is 0. The summed E-state index contributed by atoms with van der Waals surface area (Å²) in [6.07, 6.45) is 3.89. The fourth-order valence-corrected chi connectivity index (χ4v) is 0.917. The molecular weight excluding hydrogens is 140 g/mol. The lowest BCUT2D eigenvalue weighted by Gasteiger charge is -2.08. The molecule has 0 radical (unpaired) electrons. The lowest BCUT2D eigenvalue weighted by atomic mass is 10.1. The van der Waals surface area contributed by atoms with Gasteiger partial charge in [-0.25, -0.2) is 0 Å². The Balaban J connectivity index is 3.22. The van der Waals surface area contributed by atoms with E-state index in [1.54, 1.807) is 0 Å². The summed E-state index contributed by atoms with van der Waals surface area (Å²) in [6, 6.07) is 0. The van der Waals surface area contributed by atoms with Crippen LogP contribution in [0.1, 0.15) is 39.0 Å². The predicted octanol–water partition coefficient (Wildman–Crippen LogP) is 2.39. The van der Waals surface area contributed by atoms with Gasteiger partial charge in [0.2, 0.25) is 0 Å². The first-order valence-corrected chi connectivity index (χ1v) is 4.21. The van der Waals surface area contributed by atoms with Gasteiger partial charge in [0.25, 0.3) is 0 Å². The van der Waals surface area contributed by atoms with Crippen molar-refractivity contribution in [2.45, 2.75) is 45.1 Å². The van der Waals surface area contributed by atoms with Gasteiger partial charge >= 0.3 is 0 Å². The first-order valence-electron chi connectivity index (χ1n) is 4.21. The first-order chi connectivity index (χ1) is 5.16. The summed E-state index contributed by atoms with van der Waals surface area (Å²) < 4.78 is 0. The lowest BCUT2D eigenvalue weighted by molar-refractivity contribution is 0.147. The topological polar surface area (TPSA) is 40.5 Å². The summed E-state index contributed by atoms with van der Waals surface area (Å²) in [5.41, 5.74) is 0. The molecule has 0 saturated carbocycles. The molecule has 0 fully saturated rings. The molecule has 0 heterocycles. The molecule has 0 rings (SSSR count). The van der Waals surface area contributed by atoms with Crippen LogP contribution in [0.25, 0.3) is 0 Å². The first kappa shape index (κ1) is 10.5. The molecule has 0 aliphatic heterocycles. The fourth-order valence-electron chi connectivity index (χ4n) is 0.917. The van der Waals surface area contributed by atoms with Crippen molar-refractivity contribution in [2.24, 2.45) is 0 Å².